The van der Waals surface area contributed by atoms with Crippen molar-refractivity contribution in [3.63, 3.8) is 0 Å². The number of aliphatic hydroxyl groups excluding tert-OH is 2. The van der Waals surface area contributed by atoms with Crippen molar-refractivity contribution >= 4 is 52.4 Å². The van der Waals surface area contributed by atoms with Gasteiger partial charge in [-0.3, -0.25) is 23.7 Å². The number of carbonyl (C=O) groups is 4. The molecule has 49 heavy (non-hydrogen) atoms. The van der Waals surface area contributed by atoms with Crippen molar-refractivity contribution in [2.24, 2.45) is 5.92 Å². The van der Waals surface area contributed by atoms with Crippen molar-refractivity contribution in [1.29, 1.82) is 0 Å². The molecule has 7 atom stereocenters. The van der Waals surface area contributed by atoms with Crippen molar-refractivity contribution in [3.05, 3.63) is 12.7 Å². The van der Waals surface area contributed by atoms with E-state index >= 15 is 0 Å². The standard InChI is InChI=1S/C32H49N9O7S/c33-29-26-30(37-17-36-29)41(18-38-26)32-28(47)27(46)31(48-32)40-24(44)12-4-2-8-14-34-22(42)10-3-1-7-13-35-23(43)11-6-5-9-21-19-15-25(45)39-20(19)16-49-21/h17-21,27-28,31-32,46-47H,1-16H2,(H,34,42)(H,35,43)(H,39,45)(H,40,44)(H2,33,36,37)/t19-,20-,21-,27-,28+,31-,32+/m0/s1. The molecule has 2 aromatic heterocycles. The molecule has 2 aromatic rings. The molecule has 270 valence electrons. The van der Waals surface area contributed by atoms with E-state index in [1.807, 2.05) is 11.8 Å². The maximum absolute atomic E-state index is 12.5. The van der Waals surface area contributed by atoms with Crippen LogP contribution in [-0.4, -0.2) is 102 Å². The third-order valence-corrected chi connectivity index (χ3v) is 11.0. The molecule has 17 heteroatoms. The number of thioether (sulfide) groups is 1. The summed E-state index contributed by atoms with van der Waals surface area (Å²) in [5.74, 6) is 1.56. The third kappa shape index (κ3) is 10.0. The number of nitrogens with one attached hydrogen (secondary N) is 4. The van der Waals surface area contributed by atoms with Crippen LogP contribution in [0, 0.1) is 5.92 Å². The number of hydrogen-bond donors (Lipinski definition) is 7. The first-order chi connectivity index (χ1) is 23.7. The van der Waals surface area contributed by atoms with Gasteiger partial charge in [-0.05, 0) is 38.5 Å². The Morgan fingerprint density at radius 3 is 2.31 bits per heavy atom. The van der Waals surface area contributed by atoms with Gasteiger partial charge in [-0.2, -0.15) is 11.8 Å². The molecule has 0 aliphatic carbocycles. The van der Waals surface area contributed by atoms with Gasteiger partial charge in [0.25, 0.3) is 0 Å². The third-order valence-electron chi connectivity index (χ3n) is 9.40. The topological polar surface area (TPSA) is 236 Å². The molecule has 5 heterocycles. The Kier molecular flexibility index (Phi) is 13.4. The van der Waals surface area contributed by atoms with Gasteiger partial charge in [-0.1, -0.05) is 19.3 Å². The molecule has 0 spiro atoms. The first-order valence-corrected chi connectivity index (χ1v) is 18.4. The number of ether oxygens (including phenoxy) is 1. The van der Waals surface area contributed by atoms with Crippen LogP contribution in [0.5, 0.6) is 0 Å². The number of aliphatic hydroxyl groups is 2. The van der Waals surface area contributed by atoms with Gasteiger partial charge >= 0.3 is 0 Å². The Morgan fingerprint density at radius 2 is 1.59 bits per heavy atom. The smallest absolute Gasteiger partial charge is 0.222 e. The van der Waals surface area contributed by atoms with Crippen molar-refractivity contribution in [3.8, 4) is 0 Å². The molecule has 8 N–H and O–H groups in total. The van der Waals surface area contributed by atoms with E-state index in [1.54, 1.807) is 0 Å². The second-order valence-corrected chi connectivity index (χ2v) is 14.3. The summed E-state index contributed by atoms with van der Waals surface area (Å²) in [4.78, 5) is 60.5. The predicted octanol–water partition coefficient (Wildman–Crippen LogP) is 0.635. The number of rotatable bonds is 19. The summed E-state index contributed by atoms with van der Waals surface area (Å²) in [6.07, 6.45) is 7.05. The molecule has 3 aliphatic heterocycles. The quantitative estimate of drug-likeness (QED) is 0.0999. The van der Waals surface area contributed by atoms with Gasteiger partial charge < -0.3 is 42.0 Å². The average Bonchev–Trinajstić information content (AvgIpc) is 3.83. The molecule has 16 nitrogen and oxygen atoms in total. The fraction of sp³-hybridized carbons (Fsp3) is 0.719. The van der Waals surface area contributed by atoms with Crippen LogP contribution >= 0.6 is 11.8 Å². The van der Waals surface area contributed by atoms with Crippen LogP contribution in [0.2, 0.25) is 0 Å². The number of nitrogen functional groups attached to an aromatic ring is 1. The zero-order valence-electron chi connectivity index (χ0n) is 27.7. The monoisotopic (exact) mass is 703 g/mol. The fourth-order valence-corrected chi connectivity index (χ4v) is 8.32. The number of aromatic nitrogens is 4. The van der Waals surface area contributed by atoms with Gasteiger partial charge in [-0.25, -0.2) is 15.0 Å². The van der Waals surface area contributed by atoms with E-state index in [1.165, 1.54) is 17.2 Å². The number of fused-ring (bicyclic) bond motifs is 2. The fourth-order valence-electron chi connectivity index (χ4n) is 6.67. The second kappa shape index (κ2) is 17.9. The summed E-state index contributed by atoms with van der Waals surface area (Å²) in [6.45, 7) is 1.14. The maximum atomic E-state index is 12.5. The number of nitrogens with zero attached hydrogens (tertiary/aromatic N) is 4. The maximum Gasteiger partial charge on any atom is 0.222 e. The second-order valence-electron chi connectivity index (χ2n) is 13.1. The first-order valence-electron chi connectivity index (χ1n) is 17.4. The van der Waals surface area contributed by atoms with E-state index < -0.39 is 24.7 Å². The Morgan fingerprint density at radius 1 is 0.918 bits per heavy atom. The molecule has 3 saturated heterocycles. The molecule has 0 radical (unpaired) electrons. The largest absolute Gasteiger partial charge is 0.386 e. The number of unbranched alkanes of at least 4 members (excludes halogenated alkanes) is 5. The van der Waals surface area contributed by atoms with Gasteiger partial charge in [0.1, 0.15) is 24.1 Å². The van der Waals surface area contributed by atoms with Gasteiger partial charge in [0.2, 0.25) is 23.6 Å². The number of nitrogens with two attached hydrogens (primary N) is 1. The lowest BCUT2D eigenvalue weighted by atomic mass is 9.94. The lowest BCUT2D eigenvalue weighted by molar-refractivity contribution is -0.128. The van der Waals surface area contributed by atoms with E-state index in [2.05, 4.69) is 36.2 Å². The highest BCUT2D eigenvalue weighted by atomic mass is 32.2. The molecule has 3 aliphatic rings. The Balaban J connectivity index is 0.829. The molecule has 0 saturated carbocycles. The first kappa shape index (κ1) is 36.7. The van der Waals surface area contributed by atoms with Crippen LogP contribution in [0.4, 0.5) is 5.82 Å². The van der Waals surface area contributed by atoms with Gasteiger partial charge in [-0.15, -0.1) is 0 Å². The number of anilines is 1. The summed E-state index contributed by atoms with van der Waals surface area (Å²) < 4.78 is 7.18. The van der Waals surface area contributed by atoms with Crippen LogP contribution in [0.25, 0.3) is 11.2 Å². The molecule has 4 amide bonds. The van der Waals surface area contributed by atoms with E-state index in [-0.39, 0.29) is 35.9 Å². The minimum absolute atomic E-state index is 0.00780. The van der Waals surface area contributed by atoms with Crippen molar-refractivity contribution in [2.75, 3.05) is 24.6 Å². The van der Waals surface area contributed by atoms with Gasteiger partial charge in [0, 0.05) is 61.7 Å². The van der Waals surface area contributed by atoms with Crippen LogP contribution in [-0.2, 0) is 23.9 Å². The lowest BCUT2D eigenvalue weighted by Crippen LogP contribution is -2.43. The summed E-state index contributed by atoms with van der Waals surface area (Å²) in [6, 6.07) is 0.341. The predicted molar refractivity (Wildman–Crippen MR) is 182 cm³/mol. The average molecular weight is 704 g/mol. The molecular formula is C32H49N9O7S. The minimum atomic E-state index is -1.35. The molecule has 5 rings (SSSR count). The lowest BCUT2D eigenvalue weighted by Gasteiger charge is -2.16. The van der Waals surface area contributed by atoms with Crippen molar-refractivity contribution in [1.82, 2.24) is 40.8 Å². The van der Waals surface area contributed by atoms with Crippen molar-refractivity contribution < 1.29 is 34.1 Å². The summed E-state index contributed by atoms with van der Waals surface area (Å²) >= 11 is 1.95. The Hall–Kier alpha value is -3.54. The van der Waals surface area contributed by atoms with Crippen molar-refractivity contribution in [2.45, 2.75) is 119 Å². The highest BCUT2D eigenvalue weighted by Crippen LogP contribution is 2.40. The van der Waals surface area contributed by atoms with Crippen LogP contribution in [0.1, 0.15) is 89.7 Å². The summed E-state index contributed by atoms with van der Waals surface area (Å²) in [7, 11) is 0. The van der Waals surface area contributed by atoms with E-state index in [4.69, 9.17) is 10.5 Å². The highest BCUT2D eigenvalue weighted by Gasteiger charge is 2.45. The summed E-state index contributed by atoms with van der Waals surface area (Å²) in [5, 5.41) is 33.1. The van der Waals surface area contributed by atoms with Crippen LogP contribution in [0.3, 0.4) is 0 Å². The minimum Gasteiger partial charge on any atom is -0.386 e. The van der Waals surface area contributed by atoms with Crippen LogP contribution < -0.4 is 27.0 Å². The highest BCUT2D eigenvalue weighted by molar-refractivity contribution is 8.00. The SMILES string of the molecule is Nc1ncnc2c1ncn2[C@@H]1O[C@H](NC(=O)CCCCCNC(=O)CCCCCNC(=O)CCCC[C@@H]2SC[C@@H]3NC(=O)C[C@@H]32)[C@@H](O)[C@H]1O. The zero-order valence-corrected chi connectivity index (χ0v) is 28.5. The zero-order chi connectivity index (χ0) is 34.8. The normalized spacial score (nSPS) is 26.1. The van der Waals surface area contributed by atoms with Gasteiger partial charge in [0.05, 0.1) is 6.33 Å². The number of amides is 4. The summed E-state index contributed by atoms with van der Waals surface area (Å²) in [5.41, 5.74) is 6.49. The molecule has 0 unspecified atom stereocenters. The van der Waals surface area contributed by atoms with E-state index in [0.29, 0.717) is 67.1 Å². The van der Waals surface area contributed by atoms with Crippen LogP contribution in [0.15, 0.2) is 12.7 Å². The number of hydrogen-bond acceptors (Lipinski definition) is 12. The van der Waals surface area contributed by atoms with E-state index in [0.717, 1.165) is 57.1 Å². The Labute approximate surface area is 289 Å². The van der Waals surface area contributed by atoms with Gasteiger partial charge in [0.15, 0.2) is 23.9 Å². The number of imidazole rings is 1. The molecule has 0 bridgehead atoms. The van der Waals surface area contributed by atoms with E-state index in [9.17, 15) is 29.4 Å². The Bertz CT molecular complexity index is 1440. The number of carbonyl (C=O) groups excluding carboxylic acids is 4. The molecule has 3 fully saturated rings. The molecular weight excluding hydrogens is 654 g/mol. The molecule has 0 aromatic carbocycles.